The first-order valence-corrected chi connectivity index (χ1v) is 13.3. The fraction of sp³-hybridized carbons (Fsp3) is 0.423. The van der Waals surface area contributed by atoms with Gasteiger partial charge in [0.25, 0.3) is 0 Å². The monoisotopic (exact) mass is 539 g/mol. The Kier molecular flexibility index (Phi) is 8.42. The van der Waals surface area contributed by atoms with Gasteiger partial charge in [-0.3, -0.25) is 20.4 Å². The average molecular weight is 540 g/mol. The number of esters is 1. The number of benzene rings is 1. The summed E-state index contributed by atoms with van der Waals surface area (Å²) in [4.78, 5) is 45.4. The second kappa shape index (κ2) is 11.7. The topological polar surface area (TPSA) is 131 Å². The molecule has 2 aromatic heterocycles. The SMILES string of the molecule is C=C(NOC)c1cc(-c2cnc(N3CCC(C)(C(=O)OCC)CC3)nc2)cc2nc(NC(=O)NCC)sc12. The Hall–Kier alpha value is -3.77. The summed E-state index contributed by atoms with van der Waals surface area (Å²) in [6.07, 6.45) is 4.92. The van der Waals surface area contributed by atoms with Crippen LogP contribution >= 0.6 is 11.3 Å². The second-order valence-electron chi connectivity index (χ2n) is 9.20. The summed E-state index contributed by atoms with van der Waals surface area (Å²) in [6.45, 7) is 12.0. The highest BCUT2D eigenvalue weighted by molar-refractivity contribution is 7.22. The van der Waals surface area contributed by atoms with E-state index in [9.17, 15) is 9.59 Å². The van der Waals surface area contributed by atoms with Crippen molar-refractivity contribution in [2.45, 2.75) is 33.6 Å². The molecule has 202 valence electrons. The van der Waals surface area contributed by atoms with Gasteiger partial charge in [0.05, 0.1) is 35.0 Å². The summed E-state index contributed by atoms with van der Waals surface area (Å²) in [5.41, 5.74) is 6.02. The van der Waals surface area contributed by atoms with Crippen LogP contribution in [0.15, 0.2) is 31.1 Å². The molecule has 3 N–H and O–H groups in total. The van der Waals surface area contributed by atoms with Crippen molar-refractivity contribution in [3.8, 4) is 11.1 Å². The van der Waals surface area contributed by atoms with Gasteiger partial charge in [0.15, 0.2) is 5.13 Å². The Morgan fingerprint density at radius 3 is 2.50 bits per heavy atom. The number of fused-ring (bicyclic) bond motifs is 1. The first-order chi connectivity index (χ1) is 18.3. The molecule has 0 unspecified atom stereocenters. The maximum atomic E-state index is 12.3. The lowest BCUT2D eigenvalue weighted by molar-refractivity contribution is -0.155. The Balaban J connectivity index is 1.57. The molecular formula is C26H33N7O4S. The smallest absolute Gasteiger partial charge is 0.321 e. The largest absolute Gasteiger partial charge is 0.466 e. The lowest BCUT2D eigenvalue weighted by atomic mass is 9.80. The van der Waals surface area contributed by atoms with Crippen LogP contribution in [0.2, 0.25) is 0 Å². The molecule has 0 spiro atoms. The van der Waals surface area contributed by atoms with Crippen LogP contribution in [0.3, 0.4) is 0 Å². The van der Waals surface area contributed by atoms with E-state index in [-0.39, 0.29) is 12.0 Å². The molecule has 0 aliphatic carbocycles. The predicted octanol–water partition coefficient (Wildman–Crippen LogP) is 4.19. The molecule has 0 saturated carbocycles. The molecule has 0 atom stereocenters. The number of urea groups is 1. The van der Waals surface area contributed by atoms with Gasteiger partial charge in [0.2, 0.25) is 5.95 Å². The van der Waals surface area contributed by atoms with Gasteiger partial charge in [-0.25, -0.2) is 19.7 Å². The summed E-state index contributed by atoms with van der Waals surface area (Å²) in [6, 6.07) is 3.59. The lowest BCUT2D eigenvalue weighted by Crippen LogP contribution is -2.44. The van der Waals surface area contributed by atoms with Crippen molar-refractivity contribution in [2.75, 3.05) is 43.6 Å². The molecule has 1 saturated heterocycles. The molecule has 0 radical (unpaired) electrons. The number of hydroxylamine groups is 1. The minimum atomic E-state index is -0.477. The number of ether oxygens (including phenoxy) is 1. The maximum Gasteiger partial charge on any atom is 0.321 e. The molecule has 3 heterocycles. The normalized spacial score (nSPS) is 14.7. The second-order valence-corrected chi connectivity index (χ2v) is 10.2. The number of thiazole rings is 1. The third-order valence-corrected chi connectivity index (χ3v) is 7.51. The molecular weight excluding hydrogens is 506 g/mol. The number of hydrogen-bond acceptors (Lipinski definition) is 10. The fourth-order valence-corrected chi connectivity index (χ4v) is 5.28. The van der Waals surface area contributed by atoms with E-state index in [1.165, 1.54) is 18.4 Å². The van der Waals surface area contributed by atoms with E-state index in [2.05, 4.69) is 42.5 Å². The number of rotatable bonds is 9. The molecule has 38 heavy (non-hydrogen) atoms. The van der Waals surface area contributed by atoms with Crippen LogP contribution in [0.4, 0.5) is 15.9 Å². The minimum Gasteiger partial charge on any atom is -0.466 e. The van der Waals surface area contributed by atoms with E-state index in [0.29, 0.717) is 61.4 Å². The molecule has 1 aliphatic rings. The third-order valence-electron chi connectivity index (χ3n) is 6.49. The van der Waals surface area contributed by atoms with Crippen molar-refractivity contribution in [1.29, 1.82) is 0 Å². The molecule has 1 aromatic carbocycles. The molecule has 3 aromatic rings. The number of carbonyl (C=O) groups is 2. The van der Waals surface area contributed by atoms with Crippen LogP contribution < -0.4 is 21.0 Å². The number of carbonyl (C=O) groups excluding carboxylic acids is 2. The summed E-state index contributed by atoms with van der Waals surface area (Å²) < 4.78 is 6.11. The van der Waals surface area contributed by atoms with E-state index in [1.807, 2.05) is 32.9 Å². The molecule has 2 amide bonds. The van der Waals surface area contributed by atoms with Crippen molar-refractivity contribution >= 4 is 50.3 Å². The highest BCUT2D eigenvalue weighted by Gasteiger charge is 2.38. The quantitative estimate of drug-likeness (QED) is 0.271. The van der Waals surface area contributed by atoms with Crippen molar-refractivity contribution in [3.63, 3.8) is 0 Å². The van der Waals surface area contributed by atoms with E-state index in [1.54, 1.807) is 12.4 Å². The number of anilines is 2. The standard InChI is InChI=1S/C26H33N7O4S/c1-6-27-24(35)31-25-30-20-13-17(12-19(21(20)38-25)16(3)32-36-5)18-14-28-23(29-15-18)33-10-8-26(4,9-11-33)22(34)37-7-2/h12-15,32H,3,6-11H2,1-2,4-5H3,(H2,27,30,31,35). The molecule has 1 aliphatic heterocycles. The lowest BCUT2D eigenvalue weighted by Gasteiger charge is -2.37. The number of aromatic nitrogens is 3. The van der Waals surface area contributed by atoms with Gasteiger partial charge in [0, 0.05) is 43.2 Å². The number of hydrogen-bond donors (Lipinski definition) is 3. The highest BCUT2D eigenvalue weighted by Crippen LogP contribution is 2.36. The average Bonchev–Trinajstić information content (AvgIpc) is 3.31. The van der Waals surface area contributed by atoms with Crippen LogP contribution in [-0.4, -0.2) is 60.3 Å². The summed E-state index contributed by atoms with van der Waals surface area (Å²) in [7, 11) is 1.52. The molecule has 1 fully saturated rings. The highest BCUT2D eigenvalue weighted by atomic mass is 32.1. The van der Waals surface area contributed by atoms with Crippen LogP contribution in [0.25, 0.3) is 27.0 Å². The van der Waals surface area contributed by atoms with Gasteiger partial charge in [-0.2, -0.15) is 0 Å². The molecule has 11 nitrogen and oxygen atoms in total. The van der Waals surface area contributed by atoms with Gasteiger partial charge in [-0.05, 0) is 51.3 Å². The van der Waals surface area contributed by atoms with Crippen molar-refractivity contribution < 1.29 is 19.2 Å². The Morgan fingerprint density at radius 1 is 1.16 bits per heavy atom. The van der Waals surface area contributed by atoms with Crippen LogP contribution in [-0.2, 0) is 14.4 Å². The zero-order valence-electron chi connectivity index (χ0n) is 22.1. The first-order valence-electron chi connectivity index (χ1n) is 12.5. The van der Waals surface area contributed by atoms with Gasteiger partial charge in [0.1, 0.15) is 0 Å². The van der Waals surface area contributed by atoms with Crippen molar-refractivity contribution in [2.24, 2.45) is 5.41 Å². The van der Waals surface area contributed by atoms with E-state index in [4.69, 9.17) is 9.57 Å². The molecule has 12 heteroatoms. The molecule has 4 rings (SSSR count). The number of nitrogens with one attached hydrogen (secondary N) is 3. The van der Waals surface area contributed by atoms with Gasteiger partial charge < -0.3 is 15.0 Å². The minimum absolute atomic E-state index is 0.141. The van der Waals surface area contributed by atoms with Gasteiger partial charge >= 0.3 is 12.0 Å². The summed E-state index contributed by atoms with van der Waals surface area (Å²) in [5.74, 6) is 0.478. The third kappa shape index (κ3) is 5.86. The summed E-state index contributed by atoms with van der Waals surface area (Å²) in [5, 5.41) is 5.95. The maximum absolute atomic E-state index is 12.3. The Bertz CT molecular complexity index is 1320. The first kappa shape index (κ1) is 27.3. The van der Waals surface area contributed by atoms with Gasteiger partial charge in [-0.15, -0.1) is 0 Å². The Morgan fingerprint density at radius 2 is 1.87 bits per heavy atom. The number of piperidine rings is 1. The van der Waals surface area contributed by atoms with Crippen molar-refractivity contribution in [3.05, 3.63) is 36.7 Å². The predicted molar refractivity (Wildman–Crippen MR) is 149 cm³/mol. The number of nitrogens with zero attached hydrogens (tertiary/aromatic N) is 4. The van der Waals surface area contributed by atoms with Crippen molar-refractivity contribution in [1.82, 2.24) is 25.7 Å². The Labute approximate surface area is 225 Å². The van der Waals surface area contributed by atoms with E-state index >= 15 is 0 Å². The van der Waals surface area contributed by atoms with E-state index in [0.717, 1.165) is 21.4 Å². The fourth-order valence-electron chi connectivity index (χ4n) is 4.30. The van der Waals surface area contributed by atoms with E-state index < -0.39 is 5.41 Å². The van der Waals surface area contributed by atoms with Gasteiger partial charge in [-0.1, -0.05) is 17.9 Å². The summed E-state index contributed by atoms with van der Waals surface area (Å²) >= 11 is 1.35. The van der Waals surface area contributed by atoms with Crippen LogP contribution in [0.1, 0.15) is 39.2 Å². The number of amides is 2. The van der Waals surface area contributed by atoms with Crippen LogP contribution in [0, 0.1) is 5.41 Å². The van der Waals surface area contributed by atoms with Crippen LogP contribution in [0.5, 0.6) is 0 Å². The zero-order valence-corrected chi connectivity index (χ0v) is 22.9. The zero-order chi connectivity index (χ0) is 27.3. The molecule has 0 bridgehead atoms.